The smallest absolute Gasteiger partial charge is 0.380 e. The molecule has 0 aromatic heterocycles. The molecule has 2 saturated carbocycles. The highest BCUT2D eigenvalue weighted by Gasteiger charge is 2.82. The molecule has 482 valence electrons. The van der Waals surface area contributed by atoms with Crippen molar-refractivity contribution in [1.82, 2.24) is 0 Å². The normalized spacial score (nSPS) is 33.9. The predicted molar refractivity (Wildman–Crippen MR) is 298 cm³/mol. The van der Waals surface area contributed by atoms with E-state index in [1.807, 2.05) is 6.92 Å². The van der Waals surface area contributed by atoms with Crippen LogP contribution in [0.1, 0.15) is 79.3 Å². The number of rotatable bonds is 19. The highest BCUT2D eigenvalue weighted by Crippen LogP contribution is 2.68. The van der Waals surface area contributed by atoms with E-state index in [9.17, 15) is 26.4 Å². The van der Waals surface area contributed by atoms with Gasteiger partial charge in [0.15, 0.2) is 12.2 Å². The van der Waals surface area contributed by atoms with Gasteiger partial charge in [0.05, 0.1) is 36.8 Å². The molecule has 4 aromatic carbocycles. The van der Waals surface area contributed by atoms with E-state index in [1.54, 1.807) is 13.8 Å². The summed E-state index contributed by atoms with van der Waals surface area (Å²) in [6.07, 6.45) is -10.1. The molecule has 0 amide bonds. The molecule has 3 aliphatic carbocycles. The van der Waals surface area contributed by atoms with Crippen LogP contribution in [0, 0.1) is 5.92 Å². The van der Waals surface area contributed by atoms with Gasteiger partial charge < -0.3 is 66.3 Å². The second-order valence-corrected chi connectivity index (χ2v) is 27.2. The fraction of sp³-hybridized carbons (Fsp3) is 0.484. The molecule has 20 nitrogen and oxygen atoms in total. The van der Waals surface area contributed by atoms with Crippen LogP contribution < -0.4 is 0 Å². The topological polar surface area (TPSA) is 232 Å². The number of hydrogen-bond acceptors (Lipinski definition) is 20. The lowest BCUT2D eigenvalue weighted by atomic mass is 9.76. The minimum absolute atomic E-state index is 0.000507. The average Bonchev–Trinajstić information content (AvgIpc) is 1.39. The number of ether oxygens (including phenoxy) is 14. The van der Waals surface area contributed by atoms with Gasteiger partial charge in [-0.3, -0.25) is 0 Å². The first kappa shape index (κ1) is 62.8. The fourth-order valence-electron chi connectivity index (χ4n) is 14.0. The maximum absolute atomic E-state index is 17.0. The lowest BCUT2D eigenvalue weighted by Gasteiger charge is -2.61. The molecular formula is C62H60F6O20S2. The second kappa shape index (κ2) is 22.1. The molecule has 8 bridgehead atoms. The Balaban J connectivity index is 0.801. The van der Waals surface area contributed by atoms with Gasteiger partial charge in [0.1, 0.15) is 69.2 Å². The first-order valence-corrected chi connectivity index (χ1v) is 31.7. The van der Waals surface area contributed by atoms with E-state index in [2.05, 4.69) is 0 Å². The fourth-order valence-corrected chi connectivity index (χ4v) is 17.8. The van der Waals surface area contributed by atoms with Gasteiger partial charge in [-0.15, -0.1) is 0 Å². The highest BCUT2D eigenvalue weighted by atomic mass is 32.2. The Morgan fingerprint density at radius 3 is 1.13 bits per heavy atom. The monoisotopic (exact) mass is 1300 g/mol. The number of sulfone groups is 2. The Bertz CT molecular complexity index is 3920. The van der Waals surface area contributed by atoms with E-state index in [1.165, 1.54) is 95.8 Å². The lowest BCUT2D eigenvalue weighted by molar-refractivity contribution is -0.536. The Morgan fingerprint density at radius 1 is 0.467 bits per heavy atom. The Labute approximate surface area is 512 Å². The average molecular weight is 1300 g/mol. The van der Waals surface area contributed by atoms with Crippen molar-refractivity contribution in [3.8, 4) is 22.3 Å². The molecule has 0 spiro atoms. The number of benzene rings is 4. The Morgan fingerprint density at radius 2 is 0.778 bits per heavy atom. The zero-order valence-corrected chi connectivity index (χ0v) is 50.9. The van der Waals surface area contributed by atoms with E-state index in [0.717, 1.165) is 24.3 Å². The van der Waals surface area contributed by atoms with Crippen LogP contribution in [0.4, 0.5) is 26.3 Å². The third kappa shape index (κ3) is 9.35. The van der Waals surface area contributed by atoms with Crippen molar-refractivity contribution >= 4 is 42.8 Å². The summed E-state index contributed by atoms with van der Waals surface area (Å²) < 4.78 is 240. The van der Waals surface area contributed by atoms with Gasteiger partial charge in [0.2, 0.25) is 19.7 Å². The third-order valence-corrected chi connectivity index (χ3v) is 22.1. The minimum Gasteiger partial charge on any atom is -0.453 e. The van der Waals surface area contributed by atoms with Crippen molar-refractivity contribution < 1.29 is 119 Å². The summed E-state index contributed by atoms with van der Waals surface area (Å²) >= 11 is 0. The second-order valence-electron chi connectivity index (χ2n) is 23.3. The zero-order chi connectivity index (χ0) is 64.2. The number of fused-ring (bicyclic) bond motifs is 2. The van der Waals surface area contributed by atoms with Crippen molar-refractivity contribution in [3.63, 3.8) is 0 Å². The summed E-state index contributed by atoms with van der Waals surface area (Å²) in [4.78, 5) is 24.5. The predicted octanol–water partition coefficient (Wildman–Crippen LogP) is 9.15. The molecule has 11 aliphatic rings. The van der Waals surface area contributed by atoms with Crippen LogP contribution in [0.15, 0.2) is 116 Å². The number of methoxy groups -OCH3 is 3. The summed E-state index contributed by atoms with van der Waals surface area (Å²) in [5.74, 6) is -22.7. The summed E-state index contributed by atoms with van der Waals surface area (Å²) in [7, 11) is -5.58. The van der Waals surface area contributed by atoms with E-state index in [0.29, 0.717) is 0 Å². The Kier molecular flexibility index (Phi) is 15.4. The molecule has 8 unspecified atom stereocenters. The van der Waals surface area contributed by atoms with Crippen LogP contribution in [0.3, 0.4) is 0 Å². The molecule has 90 heavy (non-hydrogen) atoms. The van der Waals surface area contributed by atoms with Gasteiger partial charge in [-0.1, -0.05) is 69.3 Å². The number of alkyl halides is 6. The molecule has 28 heteroatoms. The number of hydrogen-bond donors (Lipinski definition) is 0. The molecule has 14 atom stereocenters. The van der Waals surface area contributed by atoms with Gasteiger partial charge in [-0.25, -0.2) is 26.4 Å². The standard InChI is InChI=1S/C62H60F6O20S2/c1-9-37-41(35-21-19-33(23-39(35)89(37,71)72)29-11-15-31(16-12-29)56(69)81-50-46-28(3)45-47(78-25-75-6)53(50)86-58(4,83-45)84-46)43-44(61(65,66)62(67,68)60(43,63)64)42-36-22-20-34(24-40(36)90(73,74)38(42)10-2)30-13-17-32(18-14-30)57(70)82-51-54-48(79-26-76-7)52-49(80-27-77-8)55(51)88-59(5,85-52)87-54/h11-24,28,45-55H,9-10,25-27H2,1-8H3/t28?,45-,46?,47-,48+,49?,50?,51?,52-,53+,54-,55?,58?,59?/m1/s1. The number of carbonyl (C=O) groups is 2. The van der Waals surface area contributed by atoms with E-state index in [-0.39, 0.29) is 59.7 Å². The van der Waals surface area contributed by atoms with Crippen molar-refractivity contribution in [1.29, 1.82) is 0 Å². The maximum atomic E-state index is 17.0. The number of allylic oxidation sites excluding steroid dienone is 6. The third-order valence-electron chi connectivity index (χ3n) is 18.0. The van der Waals surface area contributed by atoms with Crippen LogP contribution in [-0.4, -0.2) is 167 Å². The molecule has 0 N–H and O–H groups in total. The Hall–Kier alpha value is -5.96. The van der Waals surface area contributed by atoms with Crippen LogP contribution in [-0.2, 0) is 86.0 Å². The largest absolute Gasteiger partial charge is 0.453 e. The summed E-state index contributed by atoms with van der Waals surface area (Å²) in [6, 6.07) is 18.0. The number of esters is 2. The first-order valence-electron chi connectivity index (χ1n) is 28.8. The molecule has 6 saturated heterocycles. The molecule has 8 aliphatic heterocycles. The van der Waals surface area contributed by atoms with Crippen LogP contribution in [0.25, 0.3) is 33.4 Å². The van der Waals surface area contributed by atoms with Gasteiger partial charge in [0, 0.05) is 74.5 Å². The van der Waals surface area contributed by atoms with Gasteiger partial charge in [-0.2, -0.15) is 26.3 Å². The minimum atomic E-state index is -6.23. The summed E-state index contributed by atoms with van der Waals surface area (Å²) in [5.41, 5.74) is -6.71. The lowest BCUT2D eigenvalue weighted by Crippen LogP contribution is -2.79. The van der Waals surface area contributed by atoms with Crippen molar-refractivity contribution in [2.75, 3.05) is 41.7 Å². The molecule has 4 aromatic rings. The van der Waals surface area contributed by atoms with Gasteiger partial charge in [-0.05, 0) is 71.5 Å². The van der Waals surface area contributed by atoms with Crippen molar-refractivity contribution in [2.24, 2.45) is 5.92 Å². The number of carbonyl (C=O) groups excluding carboxylic acids is 2. The molecule has 8 heterocycles. The highest BCUT2D eigenvalue weighted by molar-refractivity contribution is 7.96. The zero-order valence-electron chi connectivity index (χ0n) is 49.3. The summed E-state index contributed by atoms with van der Waals surface area (Å²) in [6.45, 7) is 7.02. The van der Waals surface area contributed by atoms with Crippen molar-refractivity contribution in [3.05, 3.63) is 128 Å². The van der Waals surface area contributed by atoms with E-state index >= 15 is 26.3 Å². The van der Waals surface area contributed by atoms with Gasteiger partial charge in [0.25, 0.3) is 11.9 Å². The molecular weight excluding hydrogens is 1240 g/mol. The summed E-state index contributed by atoms with van der Waals surface area (Å²) in [5, 5.41) is 0. The first-order chi connectivity index (χ1) is 42.6. The van der Waals surface area contributed by atoms with Crippen LogP contribution in [0.2, 0.25) is 0 Å². The van der Waals surface area contributed by atoms with E-state index < -0.39 is 194 Å². The van der Waals surface area contributed by atoms with Crippen LogP contribution >= 0.6 is 0 Å². The molecule has 0 radical (unpaired) electrons. The molecule has 15 rings (SSSR count). The number of halogens is 6. The maximum Gasteiger partial charge on any atom is 0.380 e. The van der Waals surface area contributed by atoms with Crippen molar-refractivity contribution in [2.45, 2.75) is 154 Å². The van der Waals surface area contributed by atoms with E-state index in [4.69, 9.17) is 66.3 Å². The SMILES string of the molecule is CCC1=C(C2=C(C3=C(CC)S(=O)(=O)c4cc(-c5ccc(C(=O)OC6C7OC8(C)O[C@@H](C7OCOC)[C@H](OCOC)[C@H]6O8)cc5)ccc43)C(F)(F)C(F)(F)C2(F)F)c2ccc(-c3ccc(C(=O)OC4C5OC6(C)O[C@H](C5C)[C@@H](OCOC)[C@@H]4O6)cc3)cc2S1(=O)=O. The quantitative estimate of drug-likeness (QED) is 0.0484. The molecule has 8 fully saturated rings. The van der Waals surface area contributed by atoms with Gasteiger partial charge >= 0.3 is 29.7 Å². The van der Waals surface area contributed by atoms with Crippen LogP contribution in [0.5, 0.6) is 0 Å².